The molecule has 0 heterocycles. The number of rotatable bonds is 5. The van der Waals surface area contributed by atoms with Crippen molar-refractivity contribution in [2.24, 2.45) is 0 Å². The normalized spacial score (nSPS) is 13.9. The summed E-state index contributed by atoms with van der Waals surface area (Å²) >= 11 is 2.33. The Morgan fingerprint density at radius 3 is 2.43 bits per heavy atom. The van der Waals surface area contributed by atoms with Crippen molar-refractivity contribution in [1.82, 2.24) is 0 Å². The van der Waals surface area contributed by atoms with Crippen LogP contribution >= 0.6 is 22.6 Å². The van der Waals surface area contributed by atoms with Crippen molar-refractivity contribution in [2.45, 2.75) is 24.8 Å². The molecular weight excluding hydrogens is 395 g/mol. The van der Waals surface area contributed by atoms with E-state index in [0.717, 1.165) is 10.5 Å². The maximum Gasteiger partial charge on any atom is 0.0950 e. The molecule has 2 nitrogen and oxygen atoms in total. The highest BCUT2D eigenvalue weighted by Gasteiger charge is 2.18. The van der Waals surface area contributed by atoms with Crippen molar-refractivity contribution in [3.8, 4) is 0 Å². The molecule has 21 heavy (non-hydrogen) atoms. The second-order valence-electron chi connectivity index (χ2n) is 5.03. The maximum absolute atomic E-state index is 12.5. The number of methoxy groups -OCH3 is 1. The van der Waals surface area contributed by atoms with Crippen LogP contribution in [0, 0.1) is 17.4 Å². The van der Waals surface area contributed by atoms with Crippen LogP contribution in [0.15, 0.2) is 47.4 Å². The fourth-order valence-corrected chi connectivity index (χ4v) is 4.06. The fraction of sp³-hybridized carbons (Fsp3) is 0.294. The summed E-state index contributed by atoms with van der Waals surface area (Å²) in [6, 6.07) is 14.0. The van der Waals surface area contributed by atoms with Gasteiger partial charge >= 0.3 is 0 Å². The van der Waals surface area contributed by atoms with Gasteiger partial charge < -0.3 is 4.74 Å². The number of halogens is 1. The van der Waals surface area contributed by atoms with Gasteiger partial charge in [-0.1, -0.05) is 35.9 Å². The molecule has 0 aromatic heterocycles. The number of hydrogen-bond donors (Lipinski definition) is 0. The van der Waals surface area contributed by atoms with Gasteiger partial charge in [-0.05, 0) is 59.7 Å². The van der Waals surface area contributed by atoms with Crippen LogP contribution in [0.2, 0.25) is 0 Å². The molecule has 0 aliphatic carbocycles. The Bertz CT molecular complexity index is 638. The lowest BCUT2D eigenvalue weighted by Crippen LogP contribution is -2.13. The Morgan fingerprint density at radius 1 is 1.14 bits per heavy atom. The summed E-state index contributed by atoms with van der Waals surface area (Å²) < 4.78 is 19.3. The SMILES string of the molecule is CO[C@@H](CS(=O)c1ccc(C)cc1)c1cccc(C)c1I. The van der Waals surface area contributed by atoms with Crippen LogP contribution in [0.5, 0.6) is 0 Å². The zero-order valence-electron chi connectivity index (χ0n) is 12.4. The third kappa shape index (κ3) is 4.14. The molecule has 2 atom stereocenters. The van der Waals surface area contributed by atoms with Crippen LogP contribution in [0.1, 0.15) is 22.8 Å². The minimum absolute atomic E-state index is 0.154. The minimum atomic E-state index is -1.07. The molecule has 0 aliphatic heterocycles. The monoisotopic (exact) mass is 414 g/mol. The first-order chi connectivity index (χ1) is 10.0. The molecule has 0 saturated heterocycles. The first kappa shape index (κ1) is 16.6. The molecule has 0 spiro atoms. The summed E-state index contributed by atoms with van der Waals surface area (Å²) in [6.45, 7) is 4.11. The minimum Gasteiger partial charge on any atom is -0.376 e. The van der Waals surface area contributed by atoms with E-state index >= 15 is 0 Å². The Hall–Kier alpha value is -0.720. The number of aryl methyl sites for hydroxylation is 2. The lowest BCUT2D eigenvalue weighted by Gasteiger charge is -2.18. The molecule has 0 amide bonds. The Kier molecular flexibility index (Phi) is 5.96. The van der Waals surface area contributed by atoms with Crippen LogP contribution in [-0.4, -0.2) is 17.1 Å². The second-order valence-corrected chi connectivity index (χ2v) is 7.60. The van der Waals surface area contributed by atoms with Crippen LogP contribution in [0.25, 0.3) is 0 Å². The fourth-order valence-electron chi connectivity index (χ4n) is 2.13. The van der Waals surface area contributed by atoms with Gasteiger partial charge in [-0.15, -0.1) is 0 Å². The van der Waals surface area contributed by atoms with Crippen LogP contribution in [0.4, 0.5) is 0 Å². The highest BCUT2D eigenvalue weighted by atomic mass is 127. The van der Waals surface area contributed by atoms with Crippen molar-refractivity contribution in [3.05, 3.63) is 62.7 Å². The van der Waals surface area contributed by atoms with Gasteiger partial charge in [0.25, 0.3) is 0 Å². The van der Waals surface area contributed by atoms with Gasteiger partial charge in [0.15, 0.2) is 0 Å². The van der Waals surface area contributed by atoms with Crippen LogP contribution < -0.4 is 0 Å². The third-order valence-corrected chi connectivity index (χ3v) is 6.32. The first-order valence-electron chi connectivity index (χ1n) is 6.75. The van der Waals surface area contributed by atoms with Crippen LogP contribution in [0.3, 0.4) is 0 Å². The van der Waals surface area contributed by atoms with Gasteiger partial charge in [-0.3, -0.25) is 4.21 Å². The van der Waals surface area contributed by atoms with E-state index in [2.05, 4.69) is 41.6 Å². The smallest absolute Gasteiger partial charge is 0.0950 e. The Balaban J connectivity index is 2.21. The predicted octanol–water partition coefficient (Wildman–Crippen LogP) is 4.40. The van der Waals surface area contributed by atoms with Gasteiger partial charge in [0.2, 0.25) is 0 Å². The predicted molar refractivity (Wildman–Crippen MR) is 96.1 cm³/mol. The lowest BCUT2D eigenvalue weighted by molar-refractivity contribution is 0.122. The maximum atomic E-state index is 12.5. The second kappa shape index (κ2) is 7.51. The molecule has 0 N–H and O–H groups in total. The van der Waals surface area contributed by atoms with Gasteiger partial charge in [0.1, 0.15) is 0 Å². The Labute approximate surface area is 142 Å². The lowest BCUT2D eigenvalue weighted by atomic mass is 10.1. The van der Waals surface area contributed by atoms with Crippen molar-refractivity contribution in [3.63, 3.8) is 0 Å². The van der Waals surface area contributed by atoms with E-state index in [0.29, 0.717) is 5.75 Å². The summed E-state index contributed by atoms with van der Waals surface area (Å²) in [5.74, 6) is 0.471. The van der Waals surface area contributed by atoms with Crippen molar-refractivity contribution >= 4 is 33.4 Å². The molecular formula is C17H19IO2S. The average molecular weight is 414 g/mol. The molecule has 112 valence electrons. The highest BCUT2D eigenvalue weighted by molar-refractivity contribution is 14.1. The van der Waals surface area contributed by atoms with Gasteiger partial charge in [0, 0.05) is 15.6 Å². The van der Waals surface area contributed by atoms with E-state index in [1.807, 2.05) is 37.3 Å². The molecule has 2 aromatic carbocycles. The summed E-state index contributed by atoms with van der Waals surface area (Å²) in [7, 11) is 0.611. The van der Waals surface area contributed by atoms with Gasteiger partial charge in [0.05, 0.1) is 22.7 Å². The molecule has 0 bridgehead atoms. The number of benzene rings is 2. The molecule has 0 radical (unpaired) electrons. The number of ether oxygens (including phenoxy) is 1. The van der Waals surface area contributed by atoms with E-state index < -0.39 is 10.8 Å². The van der Waals surface area contributed by atoms with Crippen LogP contribution in [-0.2, 0) is 15.5 Å². The van der Waals surface area contributed by atoms with E-state index in [-0.39, 0.29) is 6.10 Å². The van der Waals surface area contributed by atoms with E-state index in [1.165, 1.54) is 14.7 Å². The first-order valence-corrected chi connectivity index (χ1v) is 9.15. The van der Waals surface area contributed by atoms with E-state index in [9.17, 15) is 4.21 Å². The van der Waals surface area contributed by atoms with E-state index in [1.54, 1.807) is 7.11 Å². The van der Waals surface area contributed by atoms with Gasteiger partial charge in [-0.25, -0.2) is 0 Å². The summed E-state index contributed by atoms with van der Waals surface area (Å²) in [6.07, 6.45) is -0.154. The average Bonchev–Trinajstić information content (AvgIpc) is 2.48. The highest BCUT2D eigenvalue weighted by Crippen LogP contribution is 2.27. The Morgan fingerprint density at radius 2 is 1.81 bits per heavy atom. The topological polar surface area (TPSA) is 26.3 Å². The van der Waals surface area contributed by atoms with Crippen molar-refractivity contribution < 1.29 is 8.95 Å². The number of hydrogen-bond acceptors (Lipinski definition) is 2. The summed E-state index contributed by atoms with van der Waals surface area (Å²) in [5, 5.41) is 0. The largest absolute Gasteiger partial charge is 0.376 e. The molecule has 0 aliphatic rings. The standard InChI is InChI=1S/C17H19IO2S/c1-12-7-9-14(10-8-12)21(19)11-16(20-3)15-6-4-5-13(2)17(15)18/h4-10,16H,11H2,1-3H3/t16-,21?/m0/s1. The van der Waals surface area contributed by atoms with Gasteiger partial charge in [-0.2, -0.15) is 0 Å². The zero-order chi connectivity index (χ0) is 15.4. The van der Waals surface area contributed by atoms with Crippen molar-refractivity contribution in [2.75, 3.05) is 12.9 Å². The molecule has 0 fully saturated rings. The van der Waals surface area contributed by atoms with Crippen molar-refractivity contribution in [1.29, 1.82) is 0 Å². The quantitative estimate of drug-likeness (QED) is 0.678. The molecule has 0 saturated carbocycles. The molecule has 2 rings (SSSR count). The molecule has 2 aromatic rings. The summed E-state index contributed by atoms with van der Waals surface area (Å²) in [5.41, 5.74) is 3.50. The summed E-state index contributed by atoms with van der Waals surface area (Å²) in [4.78, 5) is 0.852. The molecule has 1 unspecified atom stereocenters. The third-order valence-electron chi connectivity index (χ3n) is 3.44. The zero-order valence-corrected chi connectivity index (χ0v) is 15.4. The van der Waals surface area contributed by atoms with E-state index in [4.69, 9.17) is 4.74 Å². The molecule has 4 heteroatoms.